The molecule has 4 nitrogen and oxygen atoms in total. The maximum atomic E-state index is 11.3. The van der Waals surface area contributed by atoms with Gasteiger partial charge in [-0.1, -0.05) is 12.1 Å². The van der Waals surface area contributed by atoms with E-state index in [1.165, 1.54) is 0 Å². The number of nitrogens with two attached hydrogens (primary N) is 1. The van der Waals surface area contributed by atoms with Crippen LogP contribution in [0.15, 0.2) is 24.3 Å². The van der Waals surface area contributed by atoms with Crippen LogP contribution in [0, 0.1) is 5.92 Å². The number of hydrogen-bond acceptors (Lipinski definition) is 4. The lowest BCUT2D eigenvalue weighted by molar-refractivity contribution is 0.391. The SMILES string of the molecule is NC(c1ccc(O)cc1)C1CCS(=O)(=O)CC1. The van der Waals surface area contributed by atoms with Crippen molar-refractivity contribution in [2.45, 2.75) is 18.9 Å². The molecule has 0 saturated carbocycles. The lowest BCUT2D eigenvalue weighted by Crippen LogP contribution is -2.30. The van der Waals surface area contributed by atoms with E-state index in [1.807, 2.05) is 0 Å². The molecule has 1 fully saturated rings. The molecule has 1 heterocycles. The number of phenols is 1. The van der Waals surface area contributed by atoms with E-state index in [0.29, 0.717) is 12.8 Å². The Morgan fingerprint density at radius 3 is 2.24 bits per heavy atom. The molecule has 0 aromatic heterocycles. The summed E-state index contributed by atoms with van der Waals surface area (Å²) in [5.41, 5.74) is 7.08. The van der Waals surface area contributed by atoms with Crippen molar-refractivity contribution >= 4 is 9.84 Å². The van der Waals surface area contributed by atoms with Gasteiger partial charge >= 0.3 is 0 Å². The van der Waals surface area contributed by atoms with Crippen LogP contribution in [0.25, 0.3) is 0 Å². The van der Waals surface area contributed by atoms with Crippen LogP contribution in [0.4, 0.5) is 0 Å². The smallest absolute Gasteiger partial charge is 0.150 e. The summed E-state index contributed by atoms with van der Waals surface area (Å²) in [6.07, 6.45) is 1.26. The van der Waals surface area contributed by atoms with Crippen LogP contribution in [0.3, 0.4) is 0 Å². The Morgan fingerprint density at radius 1 is 1.18 bits per heavy atom. The summed E-state index contributed by atoms with van der Waals surface area (Å²) in [6.45, 7) is 0. The van der Waals surface area contributed by atoms with E-state index in [0.717, 1.165) is 5.56 Å². The van der Waals surface area contributed by atoms with Gasteiger partial charge in [-0.25, -0.2) is 8.42 Å². The Labute approximate surface area is 101 Å². The van der Waals surface area contributed by atoms with E-state index in [9.17, 15) is 13.5 Å². The van der Waals surface area contributed by atoms with E-state index in [2.05, 4.69) is 0 Å². The molecule has 1 aliphatic heterocycles. The number of phenolic OH excluding ortho intramolecular Hbond substituents is 1. The average Bonchev–Trinajstić information content (AvgIpc) is 2.29. The Morgan fingerprint density at radius 2 is 1.71 bits per heavy atom. The summed E-state index contributed by atoms with van der Waals surface area (Å²) in [6, 6.07) is 6.65. The highest BCUT2D eigenvalue weighted by molar-refractivity contribution is 7.91. The quantitative estimate of drug-likeness (QED) is 0.832. The molecule has 94 valence electrons. The van der Waals surface area contributed by atoms with Gasteiger partial charge in [0, 0.05) is 6.04 Å². The predicted octanol–water partition coefficient (Wildman–Crippen LogP) is 1.22. The van der Waals surface area contributed by atoms with Crippen molar-refractivity contribution in [2.75, 3.05) is 11.5 Å². The number of rotatable bonds is 2. The zero-order chi connectivity index (χ0) is 12.5. The van der Waals surface area contributed by atoms with E-state index in [1.54, 1.807) is 24.3 Å². The fraction of sp³-hybridized carbons (Fsp3) is 0.500. The standard InChI is InChI=1S/C12H17NO3S/c13-12(9-1-3-11(14)4-2-9)10-5-7-17(15,16)8-6-10/h1-4,10,12,14H,5-8,13H2. The second kappa shape index (κ2) is 4.66. The minimum atomic E-state index is -2.83. The molecule has 1 aromatic rings. The highest BCUT2D eigenvalue weighted by atomic mass is 32.2. The molecular weight excluding hydrogens is 238 g/mol. The molecule has 1 aromatic carbocycles. The van der Waals surface area contributed by atoms with E-state index in [4.69, 9.17) is 5.73 Å². The molecule has 0 bridgehead atoms. The van der Waals surface area contributed by atoms with Crippen LogP contribution in [0.5, 0.6) is 5.75 Å². The number of sulfone groups is 1. The van der Waals surface area contributed by atoms with Crippen molar-refractivity contribution in [1.29, 1.82) is 0 Å². The van der Waals surface area contributed by atoms with Gasteiger partial charge in [0.25, 0.3) is 0 Å². The first-order valence-electron chi connectivity index (χ1n) is 5.73. The molecule has 0 spiro atoms. The summed E-state index contributed by atoms with van der Waals surface area (Å²) in [4.78, 5) is 0. The summed E-state index contributed by atoms with van der Waals surface area (Å²) < 4.78 is 22.7. The van der Waals surface area contributed by atoms with Crippen LogP contribution < -0.4 is 5.73 Å². The van der Waals surface area contributed by atoms with Gasteiger partial charge in [0.15, 0.2) is 0 Å². The minimum absolute atomic E-state index is 0.147. The van der Waals surface area contributed by atoms with Crippen molar-refractivity contribution in [3.63, 3.8) is 0 Å². The Hall–Kier alpha value is -1.07. The van der Waals surface area contributed by atoms with Gasteiger partial charge in [-0.15, -0.1) is 0 Å². The third-order valence-corrected chi connectivity index (χ3v) is 5.10. The molecule has 5 heteroatoms. The first kappa shape index (κ1) is 12.4. The largest absolute Gasteiger partial charge is 0.508 e. The monoisotopic (exact) mass is 255 g/mol. The lowest BCUT2D eigenvalue weighted by atomic mass is 9.89. The Kier molecular flexibility index (Phi) is 3.40. The van der Waals surface area contributed by atoms with Crippen LogP contribution in [0.1, 0.15) is 24.4 Å². The van der Waals surface area contributed by atoms with Gasteiger partial charge in [0.1, 0.15) is 15.6 Å². The molecule has 0 amide bonds. The van der Waals surface area contributed by atoms with Crippen LogP contribution in [-0.2, 0) is 9.84 Å². The van der Waals surface area contributed by atoms with Crippen molar-refractivity contribution in [3.8, 4) is 5.75 Å². The second-order valence-electron chi connectivity index (χ2n) is 4.61. The summed E-state index contributed by atoms with van der Waals surface area (Å²) in [5.74, 6) is 0.905. The maximum absolute atomic E-state index is 11.3. The van der Waals surface area contributed by atoms with Gasteiger partial charge in [-0.2, -0.15) is 0 Å². The van der Waals surface area contributed by atoms with Gasteiger partial charge in [0.05, 0.1) is 11.5 Å². The summed E-state index contributed by atoms with van der Waals surface area (Å²) in [5, 5.41) is 9.20. The van der Waals surface area contributed by atoms with E-state index >= 15 is 0 Å². The summed E-state index contributed by atoms with van der Waals surface area (Å²) in [7, 11) is -2.83. The molecule has 1 unspecified atom stereocenters. The molecule has 1 saturated heterocycles. The zero-order valence-electron chi connectivity index (χ0n) is 9.54. The first-order valence-corrected chi connectivity index (χ1v) is 7.55. The van der Waals surface area contributed by atoms with Crippen LogP contribution in [-0.4, -0.2) is 25.0 Å². The fourth-order valence-electron chi connectivity index (χ4n) is 2.24. The Bertz CT molecular complexity index is 467. The lowest BCUT2D eigenvalue weighted by Gasteiger charge is -2.27. The van der Waals surface area contributed by atoms with Crippen molar-refractivity contribution in [3.05, 3.63) is 29.8 Å². The van der Waals surface area contributed by atoms with Crippen molar-refractivity contribution in [1.82, 2.24) is 0 Å². The topological polar surface area (TPSA) is 80.4 Å². The van der Waals surface area contributed by atoms with Gasteiger partial charge < -0.3 is 10.8 Å². The summed E-state index contributed by atoms with van der Waals surface area (Å²) >= 11 is 0. The third kappa shape index (κ3) is 2.98. The Balaban J connectivity index is 2.06. The zero-order valence-corrected chi connectivity index (χ0v) is 10.4. The predicted molar refractivity (Wildman–Crippen MR) is 66.4 cm³/mol. The average molecular weight is 255 g/mol. The minimum Gasteiger partial charge on any atom is -0.508 e. The molecule has 2 rings (SSSR count). The highest BCUT2D eigenvalue weighted by Gasteiger charge is 2.28. The molecule has 1 atom stereocenters. The van der Waals surface area contributed by atoms with Crippen molar-refractivity contribution < 1.29 is 13.5 Å². The highest BCUT2D eigenvalue weighted by Crippen LogP contribution is 2.30. The van der Waals surface area contributed by atoms with Crippen molar-refractivity contribution in [2.24, 2.45) is 11.7 Å². The number of benzene rings is 1. The van der Waals surface area contributed by atoms with Gasteiger partial charge in [-0.3, -0.25) is 0 Å². The second-order valence-corrected chi connectivity index (χ2v) is 6.91. The third-order valence-electron chi connectivity index (χ3n) is 3.39. The molecular formula is C12H17NO3S. The molecule has 0 radical (unpaired) electrons. The fourth-order valence-corrected chi connectivity index (χ4v) is 3.76. The van der Waals surface area contributed by atoms with Gasteiger partial charge in [-0.05, 0) is 36.5 Å². The normalized spacial score (nSPS) is 22.2. The molecule has 3 N–H and O–H groups in total. The van der Waals surface area contributed by atoms with E-state index < -0.39 is 9.84 Å². The molecule has 0 aliphatic carbocycles. The molecule has 1 aliphatic rings. The molecule has 17 heavy (non-hydrogen) atoms. The maximum Gasteiger partial charge on any atom is 0.150 e. The van der Waals surface area contributed by atoms with E-state index in [-0.39, 0.29) is 29.2 Å². The van der Waals surface area contributed by atoms with Gasteiger partial charge in [0.2, 0.25) is 0 Å². The first-order chi connectivity index (χ1) is 7.98. The number of aromatic hydroxyl groups is 1. The van der Waals surface area contributed by atoms with Crippen LogP contribution >= 0.6 is 0 Å². The van der Waals surface area contributed by atoms with Crippen LogP contribution in [0.2, 0.25) is 0 Å². The number of hydrogen-bond donors (Lipinski definition) is 2.